The highest BCUT2D eigenvalue weighted by Crippen LogP contribution is 2.16. The van der Waals surface area contributed by atoms with Crippen molar-refractivity contribution in [3.8, 4) is 0 Å². The van der Waals surface area contributed by atoms with Gasteiger partial charge >= 0.3 is 0 Å². The average Bonchev–Trinajstić information content (AvgIpc) is 2.51. The Morgan fingerprint density at radius 2 is 1.74 bits per heavy atom. The molecule has 1 aromatic carbocycles. The lowest BCUT2D eigenvalue weighted by atomic mass is 10.1. The zero-order valence-corrected chi connectivity index (χ0v) is 14.9. The minimum absolute atomic E-state index is 0. The molecule has 23 heavy (non-hydrogen) atoms. The number of carbonyl (C=O) groups excluding carboxylic acids is 1. The lowest BCUT2D eigenvalue weighted by molar-refractivity contribution is -0.116. The fourth-order valence-electron chi connectivity index (χ4n) is 2.72. The van der Waals surface area contributed by atoms with Crippen LogP contribution in [0.1, 0.15) is 17.5 Å². The molecule has 2 N–H and O–H groups in total. The topological polar surface area (TPSA) is 55.8 Å². The van der Waals surface area contributed by atoms with E-state index < -0.39 is 0 Å². The maximum Gasteiger partial charge on any atom is 0.225 e. The first-order chi connectivity index (χ1) is 10.6. The van der Waals surface area contributed by atoms with Crippen LogP contribution in [-0.2, 0) is 4.79 Å². The Labute approximate surface area is 145 Å². The van der Waals surface area contributed by atoms with Crippen LogP contribution in [0.3, 0.4) is 0 Å². The van der Waals surface area contributed by atoms with Crippen LogP contribution in [0.4, 0.5) is 5.69 Å². The summed E-state index contributed by atoms with van der Waals surface area (Å²) in [6.45, 7) is 9.69. The molecular weight excluding hydrogens is 314 g/mol. The summed E-state index contributed by atoms with van der Waals surface area (Å²) >= 11 is 0. The molecule has 0 unspecified atom stereocenters. The van der Waals surface area contributed by atoms with Crippen LogP contribution in [0, 0.1) is 13.8 Å². The third-order valence-corrected chi connectivity index (χ3v) is 4.20. The Hall–Kier alpha value is -1.14. The second-order valence-corrected chi connectivity index (χ2v) is 6.02. The predicted molar refractivity (Wildman–Crippen MR) is 96.4 cm³/mol. The maximum atomic E-state index is 12.1. The number of benzene rings is 1. The summed E-state index contributed by atoms with van der Waals surface area (Å²) in [5, 5.41) is 11.9. The Bertz CT molecular complexity index is 503. The normalized spacial score (nSPS) is 16.0. The molecule has 1 heterocycles. The van der Waals surface area contributed by atoms with Gasteiger partial charge in [-0.15, -0.1) is 12.4 Å². The van der Waals surface area contributed by atoms with E-state index in [1.54, 1.807) is 0 Å². The number of anilines is 1. The fraction of sp³-hybridized carbons (Fsp3) is 0.588. The maximum absolute atomic E-state index is 12.1. The Morgan fingerprint density at radius 3 is 2.35 bits per heavy atom. The van der Waals surface area contributed by atoms with E-state index in [9.17, 15) is 4.79 Å². The summed E-state index contributed by atoms with van der Waals surface area (Å²) in [5.41, 5.74) is 3.16. The third kappa shape index (κ3) is 6.47. The van der Waals surface area contributed by atoms with E-state index in [0.29, 0.717) is 6.42 Å². The first kappa shape index (κ1) is 19.9. The highest BCUT2D eigenvalue weighted by Gasteiger charge is 2.17. The molecule has 0 radical (unpaired) electrons. The van der Waals surface area contributed by atoms with Gasteiger partial charge in [-0.05, 0) is 31.0 Å². The molecule has 1 saturated heterocycles. The summed E-state index contributed by atoms with van der Waals surface area (Å²) in [6, 6.07) is 6.10. The number of amides is 1. The summed E-state index contributed by atoms with van der Waals surface area (Å²) < 4.78 is 0. The standard InChI is InChI=1S/C17H27N3O2.ClH/c1-14-3-4-15(2)16(13-14)18-17(22)5-6-19-7-9-20(10-8-19)11-12-21;/h3-4,13,21H,5-12H2,1-2H3,(H,18,22);1H. The number of carbonyl (C=O) groups is 1. The van der Waals surface area contributed by atoms with E-state index in [4.69, 9.17) is 5.11 Å². The van der Waals surface area contributed by atoms with Gasteiger partial charge in [-0.3, -0.25) is 9.69 Å². The van der Waals surface area contributed by atoms with Gasteiger partial charge in [0.15, 0.2) is 0 Å². The number of aliphatic hydroxyl groups is 1. The van der Waals surface area contributed by atoms with E-state index in [1.165, 1.54) is 0 Å². The van der Waals surface area contributed by atoms with E-state index in [0.717, 1.165) is 56.1 Å². The molecule has 5 nitrogen and oxygen atoms in total. The molecular formula is C17H28ClN3O2. The highest BCUT2D eigenvalue weighted by molar-refractivity contribution is 5.91. The largest absolute Gasteiger partial charge is 0.395 e. The van der Waals surface area contributed by atoms with Gasteiger partial charge in [0.05, 0.1) is 6.61 Å². The van der Waals surface area contributed by atoms with E-state index >= 15 is 0 Å². The van der Waals surface area contributed by atoms with Crippen LogP contribution in [0.2, 0.25) is 0 Å². The van der Waals surface area contributed by atoms with Crippen molar-refractivity contribution < 1.29 is 9.90 Å². The number of hydrogen-bond acceptors (Lipinski definition) is 4. The van der Waals surface area contributed by atoms with E-state index in [-0.39, 0.29) is 24.9 Å². The van der Waals surface area contributed by atoms with Gasteiger partial charge in [0.1, 0.15) is 0 Å². The van der Waals surface area contributed by atoms with Gasteiger partial charge in [-0.2, -0.15) is 0 Å². The van der Waals surface area contributed by atoms with Crippen molar-refractivity contribution >= 4 is 24.0 Å². The van der Waals surface area contributed by atoms with E-state index in [1.807, 2.05) is 26.0 Å². The van der Waals surface area contributed by atoms with Crippen molar-refractivity contribution in [3.05, 3.63) is 29.3 Å². The van der Waals surface area contributed by atoms with Crippen LogP contribution < -0.4 is 5.32 Å². The summed E-state index contributed by atoms with van der Waals surface area (Å²) in [7, 11) is 0. The molecule has 1 amide bonds. The zero-order valence-electron chi connectivity index (χ0n) is 14.0. The van der Waals surface area contributed by atoms with Gasteiger partial charge in [-0.1, -0.05) is 12.1 Å². The smallest absolute Gasteiger partial charge is 0.225 e. The number of halogens is 1. The van der Waals surface area contributed by atoms with Crippen molar-refractivity contribution in [3.63, 3.8) is 0 Å². The van der Waals surface area contributed by atoms with E-state index in [2.05, 4.69) is 21.2 Å². The van der Waals surface area contributed by atoms with Crippen LogP contribution in [0.25, 0.3) is 0 Å². The molecule has 0 spiro atoms. The van der Waals surface area contributed by atoms with Crippen LogP contribution in [-0.4, -0.2) is 66.7 Å². The number of rotatable bonds is 6. The Morgan fingerprint density at radius 1 is 1.13 bits per heavy atom. The van der Waals surface area contributed by atoms with Crippen molar-refractivity contribution in [1.82, 2.24) is 9.80 Å². The molecule has 130 valence electrons. The second-order valence-electron chi connectivity index (χ2n) is 6.02. The van der Waals surface area contributed by atoms with Crippen molar-refractivity contribution in [2.75, 3.05) is 51.2 Å². The molecule has 0 aliphatic carbocycles. The van der Waals surface area contributed by atoms with Gasteiger partial charge in [0.2, 0.25) is 5.91 Å². The molecule has 0 bridgehead atoms. The molecule has 2 rings (SSSR count). The van der Waals surface area contributed by atoms with Gasteiger partial charge in [0.25, 0.3) is 0 Å². The molecule has 1 fully saturated rings. The quantitative estimate of drug-likeness (QED) is 0.826. The number of aliphatic hydroxyl groups excluding tert-OH is 1. The number of nitrogens with one attached hydrogen (secondary N) is 1. The number of piperazine rings is 1. The summed E-state index contributed by atoms with van der Waals surface area (Å²) in [6.07, 6.45) is 0.521. The molecule has 6 heteroatoms. The number of β-amino-alcohol motifs (C(OH)–C–C–N with tert-alkyl or cyclic N) is 1. The number of nitrogens with zero attached hydrogens (tertiary/aromatic N) is 2. The lowest BCUT2D eigenvalue weighted by Crippen LogP contribution is -2.47. The zero-order chi connectivity index (χ0) is 15.9. The molecule has 0 saturated carbocycles. The highest BCUT2D eigenvalue weighted by atomic mass is 35.5. The molecule has 0 atom stereocenters. The molecule has 1 aromatic rings. The third-order valence-electron chi connectivity index (χ3n) is 4.20. The van der Waals surface area contributed by atoms with Gasteiger partial charge < -0.3 is 15.3 Å². The first-order valence-corrected chi connectivity index (χ1v) is 8.01. The SMILES string of the molecule is Cc1ccc(C)c(NC(=O)CCN2CCN(CCO)CC2)c1.Cl. The lowest BCUT2D eigenvalue weighted by Gasteiger charge is -2.34. The monoisotopic (exact) mass is 341 g/mol. The van der Waals surface area contributed by atoms with Gasteiger partial charge in [0, 0.05) is 51.4 Å². The minimum atomic E-state index is 0. The second kappa shape index (κ2) is 9.88. The van der Waals surface area contributed by atoms with Crippen LogP contribution in [0.5, 0.6) is 0 Å². The Kier molecular flexibility index (Phi) is 8.55. The van der Waals surface area contributed by atoms with Gasteiger partial charge in [-0.25, -0.2) is 0 Å². The average molecular weight is 342 g/mol. The molecule has 1 aliphatic rings. The minimum Gasteiger partial charge on any atom is -0.395 e. The fourth-order valence-corrected chi connectivity index (χ4v) is 2.72. The Balaban J connectivity index is 0.00000264. The number of aryl methyl sites for hydroxylation is 2. The summed E-state index contributed by atoms with van der Waals surface area (Å²) in [4.78, 5) is 16.7. The van der Waals surface area contributed by atoms with Crippen LogP contribution in [0.15, 0.2) is 18.2 Å². The van der Waals surface area contributed by atoms with Crippen LogP contribution >= 0.6 is 12.4 Å². The predicted octanol–water partition coefficient (Wildman–Crippen LogP) is 1.66. The van der Waals surface area contributed by atoms with Crippen molar-refractivity contribution in [2.24, 2.45) is 0 Å². The molecule has 1 aliphatic heterocycles. The van der Waals surface area contributed by atoms with Crippen molar-refractivity contribution in [1.29, 1.82) is 0 Å². The summed E-state index contributed by atoms with van der Waals surface area (Å²) in [5.74, 6) is 0.0755. The van der Waals surface area contributed by atoms with Crippen molar-refractivity contribution in [2.45, 2.75) is 20.3 Å². The molecule has 0 aromatic heterocycles. The first-order valence-electron chi connectivity index (χ1n) is 8.01. The number of hydrogen-bond donors (Lipinski definition) is 2.